The summed E-state index contributed by atoms with van der Waals surface area (Å²) >= 11 is 0. The quantitative estimate of drug-likeness (QED) is 0.485. The Labute approximate surface area is 169 Å². The third-order valence-corrected chi connectivity index (χ3v) is 4.33. The summed E-state index contributed by atoms with van der Waals surface area (Å²) in [5.74, 6) is -1.03. The fourth-order valence-corrected chi connectivity index (χ4v) is 2.82. The number of nitrogens with one attached hydrogen (secondary N) is 1. The van der Waals surface area contributed by atoms with Crippen LogP contribution in [0.15, 0.2) is 78.9 Å². The van der Waals surface area contributed by atoms with Crippen molar-refractivity contribution in [2.24, 2.45) is 0 Å². The lowest BCUT2D eigenvalue weighted by molar-refractivity contribution is -0.146. The van der Waals surface area contributed by atoms with E-state index in [0.717, 1.165) is 16.7 Å². The van der Waals surface area contributed by atoms with E-state index in [1.54, 1.807) is 24.3 Å². The van der Waals surface area contributed by atoms with Crippen molar-refractivity contribution in [2.75, 3.05) is 11.9 Å². The Morgan fingerprint density at radius 1 is 0.828 bits per heavy atom. The van der Waals surface area contributed by atoms with Crippen LogP contribution in [-0.4, -0.2) is 24.3 Å². The fraction of sp³-hybridized carbons (Fsp3) is 0.125. The van der Waals surface area contributed by atoms with Crippen LogP contribution in [0, 0.1) is 0 Å². The Morgan fingerprint density at radius 2 is 1.52 bits per heavy atom. The first-order valence-corrected chi connectivity index (χ1v) is 9.22. The molecule has 0 fully saturated rings. The molecular formula is C24H21NO4. The van der Waals surface area contributed by atoms with E-state index in [1.807, 2.05) is 54.6 Å². The van der Waals surface area contributed by atoms with Gasteiger partial charge >= 0.3 is 5.97 Å². The van der Waals surface area contributed by atoms with Gasteiger partial charge < -0.3 is 10.1 Å². The van der Waals surface area contributed by atoms with Gasteiger partial charge in [0.2, 0.25) is 0 Å². The second-order valence-electron chi connectivity index (χ2n) is 6.59. The van der Waals surface area contributed by atoms with Gasteiger partial charge in [0.05, 0.1) is 6.42 Å². The second-order valence-corrected chi connectivity index (χ2v) is 6.59. The van der Waals surface area contributed by atoms with Gasteiger partial charge in [-0.25, -0.2) is 0 Å². The molecule has 29 heavy (non-hydrogen) atoms. The van der Waals surface area contributed by atoms with Gasteiger partial charge in [0.1, 0.15) is 0 Å². The van der Waals surface area contributed by atoms with Crippen molar-refractivity contribution >= 4 is 23.3 Å². The molecule has 0 bridgehead atoms. The molecule has 0 saturated heterocycles. The molecule has 146 valence electrons. The van der Waals surface area contributed by atoms with E-state index in [0.29, 0.717) is 11.3 Å². The molecule has 5 heteroatoms. The SMILES string of the molecule is CC(=O)c1cccc(NC(=O)COC(=O)Cc2ccc(-c3ccccc3)cc2)c1. The topological polar surface area (TPSA) is 72.5 Å². The fourth-order valence-electron chi connectivity index (χ4n) is 2.82. The van der Waals surface area contributed by atoms with Gasteiger partial charge in [-0.2, -0.15) is 0 Å². The highest BCUT2D eigenvalue weighted by Crippen LogP contribution is 2.19. The zero-order valence-corrected chi connectivity index (χ0v) is 16.1. The maximum absolute atomic E-state index is 12.0. The minimum atomic E-state index is -0.481. The first-order chi connectivity index (χ1) is 14.0. The lowest BCUT2D eigenvalue weighted by atomic mass is 10.0. The summed E-state index contributed by atoms with van der Waals surface area (Å²) in [5, 5.41) is 2.61. The summed E-state index contributed by atoms with van der Waals surface area (Å²) in [5.41, 5.74) is 3.96. The van der Waals surface area contributed by atoms with Crippen molar-refractivity contribution in [3.05, 3.63) is 90.0 Å². The molecule has 0 aliphatic rings. The van der Waals surface area contributed by atoms with Gasteiger partial charge in [0.25, 0.3) is 5.91 Å². The van der Waals surface area contributed by atoms with Gasteiger partial charge in [-0.15, -0.1) is 0 Å². The van der Waals surface area contributed by atoms with E-state index >= 15 is 0 Å². The van der Waals surface area contributed by atoms with Gasteiger partial charge in [-0.1, -0.05) is 66.7 Å². The highest BCUT2D eigenvalue weighted by Gasteiger charge is 2.10. The van der Waals surface area contributed by atoms with Crippen LogP contribution in [0.5, 0.6) is 0 Å². The van der Waals surface area contributed by atoms with Crippen LogP contribution in [0.1, 0.15) is 22.8 Å². The summed E-state index contributed by atoms with van der Waals surface area (Å²) in [7, 11) is 0. The van der Waals surface area contributed by atoms with Crippen LogP contribution in [-0.2, 0) is 20.7 Å². The molecule has 0 radical (unpaired) electrons. The largest absolute Gasteiger partial charge is 0.455 e. The number of anilines is 1. The van der Waals surface area contributed by atoms with Gasteiger partial charge in [0.15, 0.2) is 12.4 Å². The van der Waals surface area contributed by atoms with Crippen molar-refractivity contribution in [3.63, 3.8) is 0 Å². The molecule has 1 N–H and O–H groups in total. The number of rotatable bonds is 7. The normalized spacial score (nSPS) is 10.2. The molecule has 0 aromatic heterocycles. The van der Waals surface area contributed by atoms with E-state index in [4.69, 9.17) is 4.74 Å². The number of benzene rings is 3. The predicted molar refractivity (Wildman–Crippen MR) is 112 cm³/mol. The van der Waals surface area contributed by atoms with Gasteiger partial charge in [-0.3, -0.25) is 14.4 Å². The summed E-state index contributed by atoms with van der Waals surface area (Å²) < 4.78 is 5.05. The van der Waals surface area contributed by atoms with Crippen LogP contribution < -0.4 is 5.32 Å². The van der Waals surface area contributed by atoms with Crippen LogP contribution in [0.4, 0.5) is 5.69 Å². The average molecular weight is 387 g/mol. The Bertz CT molecular complexity index is 1010. The third-order valence-electron chi connectivity index (χ3n) is 4.33. The minimum absolute atomic E-state index is 0.0855. The summed E-state index contributed by atoms with van der Waals surface area (Å²) in [6.45, 7) is 1.07. The Balaban J connectivity index is 1.49. The molecule has 0 saturated carbocycles. The van der Waals surface area contributed by atoms with E-state index in [9.17, 15) is 14.4 Å². The summed E-state index contributed by atoms with van der Waals surface area (Å²) in [6.07, 6.45) is 0.0855. The van der Waals surface area contributed by atoms with Crippen LogP contribution >= 0.6 is 0 Å². The van der Waals surface area contributed by atoms with Crippen molar-refractivity contribution in [3.8, 4) is 11.1 Å². The smallest absolute Gasteiger partial charge is 0.310 e. The molecule has 0 aliphatic carbocycles. The Hall–Kier alpha value is -3.73. The zero-order valence-electron chi connectivity index (χ0n) is 16.1. The predicted octanol–water partition coefficient (Wildman–Crippen LogP) is 4.28. The Kier molecular flexibility index (Phi) is 6.53. The second kappa shape index (κ2) is 9.46. The molecule has 0 atom stereocenters. The maximum atomic E-state index is 12.0. The van der Waals surface area contributed by atoms with E-state index in [1.165, 1.54) is 6.92 Å². The molecule has 0 unspecified atom stereocenters. The molecule has 3 aromatic carbocycles. The minimum Gasteiger partial charge on any atom is -0.455 e. The first-order valence-electron chi connectivity index (χ1n) is 9.22. The molecule has 1 amide bonds. The number of carbonyl (C=O) groups excluding carboxylic acids is 3. The van der Waals surface area contributed by atoms with Crippen LogP contribution in [0.25, 0.3) is 11.1 Å². The lowest BCUT2D eigenvalue weighted by Crippen LogP contribution is -2.21. The van der Waals surface area contributed by atoms with E-state index in [2.05, 4.69) is 5.32 Å². The number of ketones is 1. The number of carbonyl (C=O) groups is 3. The number of esters is 1. The van der Waals surface area contributed by atoms with Crippen molar-refractivity contribution in [2.45, 2.75) is 13.3 Å². The third kappa shape index (κ3) is 5.87. The molecular weight excluding hydrogens is 366 g/mol. The maximum Gasteiger partial charge on any atom is 0.310 e. The highest BCUT2D eigenvalue weighted by molar-refractivity contribution is 5.97. The number of hydrogen-bond donors (Lipinski definition) is 1. The first kappa shape index (κ1) is 20.0. The van der Waals surface area contributed by atoms with Crippen molar-refractivity contribution in [1.29, 1.82) is 0 Å². The highest BCUT2D eigenvalue weighted by atomic mass is 16.5. The van der Waals surface area contributed by atoms with Gasteiger partial charge in [-0.05, 0) is 35.7 Å². The summed E-state index contributed by atoms with van der Waals surface area (Å²) in [6, 6.07) is 24.2. The van der Waals surface area contributed by atoms with Crippen molar-refractivity contribution < 1.29 is 19.1 Å². The van der Waals surface area contributed by atoms with Gasteiger partial charge in [0, 0.05) is 11.3 Å². The molecule has 0 heterocycles. The lowest BCUT2D eigenvalue weighted by Gasteiger charge is -2.08. The summed E-state index contributed by atoms with van der Waals surface area (Å²) in [4.78, 5) is 35.4. The zero-order chi connectivity index (χ0) is 20.6. The van der Waals surface area contributed by atoms with Crippen LogP contribution in [0.3, 0.4) is 0 Å². The van der Waals surface area contributed by atoms with E-state index < -0.39 is 11.9 Å². The molecule has 3 rings (SSSR count). The Morgan fingerprint density at radius 3 is 2.21 bits per heavy atom. The monoisotopic (exact) mass is 387 g/mol. The van der Waals surface area contributed by atoms with Crippen molar-refractivity contribution in [1.82, 2.24) is 0 Å². The number of hydrogen-bond acceptors (Lipinski definition) is 4. The molecule has 0 spiro atoms. The molecule has 5 nitrogen and oxygen atoms in total. The standard InChI is InChI=1S/C24H21NO4/c1-17(26)21-8-5-9-22(15-21)25-23(27)16-29-24(28)14-18-10-12-20(13-11-18)19-6-3-2-4-7-19/h2-13,15H,14,16H2,1H3,(H,25,27). The van der Waals surface area contributed by atoms with Crippen LogP contribution in [0.2, 0.25) is 0 Å². The van der Waals surface area contributed by atoms with E-state index in [-0.39, 0.29) is 18.8 Å². The molecule has 0 aliphatic heterocycles. The molecule has 3 aromatic rings. The number of Topliss-reactive ketones (excluding diaryl/α,β-unsaturated/α-hetero) is 1. The number of ether oxygens (including phenoxy) is 1. The number of amides is 1. The average Bonchev–Trinajstić information content (AvgIpc) is 2.74.